The minimum absolute atomic E-state index is 0.00156. The van der Waals surface area contributed by atoms with Gasteiger partial charge >= 0.3 is 13.8 Å². The molecule has 0 spiro atoms. The second-order valence-corrected chi connectivity index (χ2v) is 11.6. The van der Waals surface area contributed by atoms with E-state index in [4.69, 9.17) is 26.0 Å². The van der Waals surface area contributed by atoms with Gasteiger partial charge in [0.2, 0.25) is 0 Å². The standard InChI is InChI=1S/C25H26ClO7P/c1-32-23(22-18-8-14-9-19(22)13-25(26,11-14)12-18)17-6-7-20(21(10-17)33-34(29,30)31)15-2-4-16(5-3-15)24(27)28/h2-7,10,14,18-19H,8-9,11-13H2,1H3,(H,27,28)(H2,29,30,31). The lowest BCUT2D eigenvalue weighted by Crippen LogP contribution is -2.48. The number of allylic oxidation sites excluding steroid dienone is 1. The van der Waals surface area contributed by atoms with Crippen LogP contribution in [0.25, 0.3) is 16.9 Å². The van der Waals surface area contributed by atoms with Crippen molar-refractivity contribution in [2.45, 2.75) is 37.0 Å². The molecule has 4 aliphatic rings. The molecule has 2 aromatic carbocycles. The van der Waals surface area contributed by atoms with E-state index in [0.717, 1.165) is 37.9 Å². The molecule has 4 fully saturated rings. The Hall–Kier alpha value is -2.31. The van der Waals surface area contributed by atoms with E-state index in [1.165, 1.54) is 17.7 Å². The fraction of sp³-hybridized carbons (Fsp3) is 0.400. The lowest BCUT2D eigenvalue weighted by atomic mass is 9.53. The molecule has 4 aliphatic carbocycles. The van der Waals surface area contributed by atoms with Crippen molar-refractivity contribution in [2.24, 2.45) is 17.8 Å². The zero-order valence-corrected chi connectivity index (χ0v) is 20.3. The average molecular weight is 505 g/mol. The third-order valence-electron chi connectivity index (χ3n) is 7.36. The molecule has 0 saturated heterocycles. The first-order valence-corrected chi connectivity index (χ1v) is 13.2. The topological polar surface area (TPSA) is 113 Å². The van der Waals surface area contributed by atoms with Gasteiger partial charge in [-0.25, -0.2) is 9.36 Å². The summed E-state index contributed by atoms with van der Waals surface area (Å²) >= 11 is 6.90. The number of methoxy groups -OCH3 is 1. The van der Waals surface area contributed by atoms with E-state index in [0.29, 0.717) is 34.4 Å². The number of aromatic carboxylic acids is 1. The Kier molecular flexibility index (Phi) is 5.80. The van der Waals surface area contributed by atoms with Gasteiger partial charge in [-0.15, -0.1) is 11.6 Å². The molecule has 34 heavy (non-hydrogen) atoms. The number of phosphoric acid groups is 1. The minimum atomic E-state index is -4.85. The third-order valence-corrected chi connectivity index (χ3v) is 8.26. The summed E-state index contributed by atoms with van der Waals surface area (Å²) in [6.45, 7) is 0. The highest BCUT2D eigenvalue weighted by Gasteiger charge is 2.53. The Bertz CT molecular complexity index is 1200. The average Bonchev–Trinajstić information content (AvgIpc) is 2.74. The molecule has 6 rings (SSSR count). The highest BCUT2D eigenvalue weighted by Crippen LogP contribution is 2.62. The van der Waals surface area contributed by atoms with Gasteiger partial charge in [0, 0.05) is 16.0 Å². The third kappa shape index (κ3) is 4.38. The molecule has 0 heterocycles. The maximum absolute atomic E-state index is 11.8. The van der Waals surface area contributed by atoms with Crippen molar-refractivity contribution >= 4 is 31.2 Å². The molecule has 2 atom stereocenters. The largest absolute Gasteiger partial charge is 0.524 e. The van der Waals surface area contributed by atoms with Crippen molar-refractivity contribution < 1.29 is 33.5 Å². The van der Waals surface area contributed by atoms with Gasteiger partial charge in [-0.1, -0.05) is 18.2 Å². The van der Waals surface area contributed by atoms with Gasteiger partial charge in [0.25, 0.3) is 0 Å². The lowest BCUT2D eigenvalue weighted by Gasteiger charge is -2.55. The van der Waals surface area contributed by atoms with Crippen LogP contribution in [0.15, 0.2) is 48.0 Å². The van der Waals surface area contributed by atoms with E-state index in [1.807, 2.05) is 6.07 Å². The van der Waals surface area contributed by atoms with Gasteiger partial charge in [0.05, 0.1) is 12.7 Å². The molecule has 4 saturated carbocycles. The molecular formula is C25H26ClO7P. The summed E-state index contributed by atoms with van der Waals surface area (Å²) in [6, 6.07) is 11.2. The van der Waals surface area contributed by atoms with Crippen molar-refractivity contribution in [1.82, 2.24) is 0 Å². The number of phosphoric ester groups is 1. The predicted octanol–water partition coefficient (Wildman–Crippen LogP) is 5.70. The molecule has 0 aromatic heterocycles. The zero-order chi connectivity index (χ0) is 24.3. The number of carboxylic acid groups (broad SMARTS) is 1. The molecule has 0 amide bonds. The molecule has 3 N–H and O–H groups in total. The predicted molar refractivity (Wildman–Crippen MR) is 128 cm³/mol. The maximum Gasteiger partial charge on any atom is 0.524 e. The molecular weight excluding hydrogens is 479 g/mol. The monoisotopic (exact) mass is 504 g/mol. The van der Waals surface area contributed by atoms with Crippen LogP contribution in [0.2, 0.25) is 0 Å². The Balaban J connectivity index is 1.58. The molecule has 180 valence electrons. The second-order valence-electron chi connectivity index (χ2n) is 9.66. The van der Waals surface area contributed by atoms with E-state index in [1.54, 1.807) is 31.4 Å². The summed E-state index contributed by atoms with van der Waals surface area (Å²) in [6.07, 6.45) is 5.10. The Morgan fingerprint density at radius 2 is 1.65 bits per heavy atom. The van der Waals surface area contributed by atoms with Gasteiger partial charge in [-0.3, -0.25) is 9.79 Å². The molecule has 0 aliphatic heterocycles. The van der Waals surface area contributed by atoms with Crippen molar-refractivity contribution in [3.05, 3.63) is 59.2 Å². The van der Waals surface area contributed by atoms with Gasteiger partial charge in [-0.2, -0.15) is 0 Å². The first-order chi connectivity index (χ1) is 16.0. The number of carbonyl (C=O) groups is 1. The number of ether oxygens (including phenoxy) is 1. The molecule has 4 bridgehead atoms. The van der Waals surface area contributed by atoms with Gasteiger partial charge in [-0.05, 0) is 85.3 Å². The van der Waals surface area contributed by atoms with E-state index >= 15 is 0 Å². The van der Waals surface area contributed by atoms with E-state index in [-0.39, 0.29) is 16.2 Å². The smallest absolute Gasteiger partial charge is 0.496 e. The fourth-order valence-corrected chi connectivity index (χ4v) is 7.36. The van der Waals surface area contributed by atoms with E-state index in [9.17, 15) is 19.1 Å². The maximum atomic E-state index is 11.8. The summed E-state index contributed by atoms with van der Waals surface area (Å²) in [5, 5.41) is 9.15. The normalized spacial score (nSPS) is 27.5. The number of rotatable bonds is 6. The molecule has 7 nitrogen and oxygen atoms in total. The van der Waals surface area contributed by atoms with Crippen LogP contribution in [0.1, 0.15) is 48.0 Å². The highest BCUT2D eigenvalue weighted by molar-refractivity contribution is 7.46. The first-order valence-electron chi connectivity index (χ1n) is 11.3. The van der Waals surface area contributed by atoms with E-state index in [2.05, 4.69) is 0 Å². The molecule has 2 unspecified atom stereocenters. The number of hydrogen-bond acceptors (Lipinski definition) is 4. The number of alkyl halides is 1. The quantitative estimate of drug-likeness (QED) is 0.263. The van der Waals surface area contributed by atoms with Gasteiger partial charge in [0.1, 0.15) is 11.5 Å². The number of halogens is 1. The molecule has 9 heteroatoms. The molecule has 2 aromatic rings. The second kappa shape index (κ2) is 8.42. The van der Waals surface area contributed by atoms with Crippen LogP contribution in [-0.4, -0.2) is 32.8 Å². The Morgan fingerprint density at radius 1 is 1.03 bits per heavy atom. The van der Waals surface area contributed by atoms with Crippen molar-refractivity contribution in [3.63, 3.8) is 0 Å². The number of hydrogen-bond donors (Lipinski definition) is 3. The van der Waals surface area contributed by atoms with Gasteiger partial charge in [0.15, 0.2) is 0 Å². The summed E-state index contributed by atoms with van der Waals surface area (Å²) in [7, 11) is -3.23. The minimum Gasteiger partial charge on any atom is -0.496 e. The SMILES string of the molecule is COC(=C1C2CC3CC1CC(Cl)(C3)C2)c1ccc(-c2ccc(C(=O)O)cc2)c(OP(=O)(O)O)c1. The molecule has 0 radical (unpaired) electrons. The summed E-state index contributed by atoms with van der Waals surface area (Å²) in [4.78, 5) is 30.1. The van der Waals surface area contributed by atoms with Crippen molar-refractivity contribution in [3.8, 4) is 16.9 Å². The fourth-order valence-electron chi connectivity index (χ4n) is 6.36. The van der Waals surface area contributed by atoms with Crippen LogP contribution in [0, 0.1) is 17.8 Å². The Labute approximate surface area is 202 Å². The Morgan fingerprint density at radius 3 is 2.18 bits per heavy atom. The van der Waals surface area contributed by atoms with E-state index < -0.39 is 13.8 Å². The zero-order valence-electron chi connectivity index (χ0n) is 18.6. The van der Waals surface area contributed by atoms with Gasteiger partial charge < -0.3 is 14.4 Å². The van der Waals surface area contributed by atoms with Crippen LogP contribution in [0.3, 0.4) is 0 Å². The number of carboxylic acids is 1. The lowest BCUT2D eigenvalue weighted by molar-refractivity contribution is 0.0696. The van der Waals surface area contributed by atoms with Crippen LogP contribution < -0.4 is 4.52 Å². The van der Waals surface area contributed by atoms with Crippen LogP contribution in [0.5, 0.6) is 5.75 Å². The van der Waals surface area contributed by atoms with Crippen LogP contribution in [0.4, 0.5) is 0 Å². The summed E-state index contributed by atoms with van der Waals surface area (Å²) in [5.74, 6) is 0.987. The first kappa shape index (κ1) is 23.4. The highest BCUT2D eigenvalue weighted by atomic mass is 35.5. The van der Waals surface area contributed by atoms with Crippen molar-refractivity contribution in [2.75, 3.05) is 7.11 Å². The van der Waals surface area contributed by atoms with Crippen molar-refractivity contribution in [1.29, 1.82) is 0 Å². The summed E-state index contributed by atoms with van der Waals surface area (Å²) < 4.78 is 22.7. The van der Waals surface area contributed by atoms with Crippen LogP contribution >= 0.6 is 19.4 Å². The van der Waals surface area contributed by atoms with Crippen LogP contribution in [-0.2, 0) is 9.30 Å². The number of benzene rings is 2. The summed E-state index contributed by atoms with van der Waals surface area (Å²) in [5.41, 5.74) is 3.06.